The largest absolute Gasteiger partial charge is 0.383 e. The number of aryl methyl sites for hydroxylation is 2. The van der Waals surface area contributed by atoms with Crippen LogP contribution in [-0.2, 0) is 0 Å². The number of rotatable bonds is 4. The van der Waals surface area contributed by atoms with Crippen LogP contribution in [0.25, 0.3) is 5.69 Å². The van der Waals surface area contributed by atoms with Crippen LogP contribution < -0.4 is 5.43 Å². The number of carbonyl (C=O) groups is 1. The van der Waals surface area contributed by atoms with Crippen LogP contribution in [0, 0.1) is 13.8 Å². The van der Waals surface area contributed by atoms with Gasteiger partial charge in [0, 0.05) is 38.1 Å². The van der Waals surface area contributed by atoms with Crippen molar-refractivity contribution in [3.05, 3.63) is 69.8 Å². The molecule has 0 amide bonds. The molecule has 5 nitrogen and oxygen atoms in total. The predicted molar refractivity (Wildman–Crippen MR) is 86.5 cm³/mol. The van der Waals surface area contributed by atoms with Crippen LogP contribution in [0.15, 0.2) is 47.5 Å². The molecular weight excluding hydrogens is 278 g/mol. The Kier molecular flexibility index (Phi) is 4.56. The molecule has 1 heterocycles. The molecule has 0 fully saturated rings. The van der Waals surface area contributed by atoms with E-state index in [4.69, 9.17) is 0 Å². The standard InChI is InChI=1S/C17H19N3O2/c1-12-6-5-7-14(10-12)20-11-13(2)17(22)16(18-20)15(21)8-9-19(3)4/h5-11H,1-4H3/b9-8+. The summed E-state index contributed by atoms with van der Waals surface area (Å²) < 4.78 is 1.57. The smallest absolute Gasteiger partial charge is 0.214 e. The summed E-state index contributed by atoms with van der Waals surface area (Å²) in [6, 6.07) is 7.71. The molecule has 0 spiro atoms. The monoisotopic (exact) mass is 297 g/mol. The molecule has 0 radical (unpaired) electrons. The van der Waals surface area contributed by atoms with E-state index in [9.17, 15) is 9.59 Å². The van der Waals surface area contributed by atoms with E-state index in [1.54, 1.807) is 43.0 Å². The minimum absolute atomic E-state index is 0.0698. The molecule has 1 aromatic carbocycles. The number of hydrogen-bond acceptors (Lipinski definition) is 4. The summed E-state index contributed by atoms with van der Waals surface area (Å²) in [4.78, 5) is 26.1. The predicted octanol–water partition coefficient (Wildman–Crippen LogP) is 2.11. The van der Waals surface area contributed by atoms with Crippen LogP contribution in [0.5, 0.6) is 0 Å². The molecule has 0 N–H and O–H groups in total. The van der Waals surface area contributed by atoms with Crippen molar-refractivity contribution in [2.75, 3.05) is 14.1 Å². The van der Waals surface area contributed by atoms with Gasteiger partial charge in [-0.15, -0.1) is 0 Å². The van der Waals surface area contributed by atoms with Crippen molar-refractivity contribution in [1.29, 1.82) is 0 Å². The molecule has 0 saturated heterocycles. The fourth-order valence-corrected chi connectivity index (χ4v) is 1.97. The highest BCUT2D eigenvalue weighted by Gasteiger charge is 2.13. The second-order valence-corrected chi connectivity index (χ2v) is 5.42. The Morgan fingerprint density at radius 3 is 2.64 bits per heavy atom. The molecular formula is C17H19N3O2. The van der Waals surface area contributed by atoms with Crippen LogP contribution in [0.3, 0.4) is 0 Å². The lowest BCUT2D eigenvalue weighted by molar-refractivity contribution is 0.103. The van der Waals surface area contributed by atoms with Gasteiger partial charge in [-0.1, -0.05) is 12.1 Å². The lowest BCUT2D eigenvalue weighted by Gasteiger charge is -2.09. The lowest BCUT2D eigenvalue weighted by atomic mass is 10.2. The van der Waals surface area contributed by atoms with Gasteiger partial charge < -0.3 is 4.90 Å². The van der Waals surface area contributed by atoms with Gasteiger partial charge in [0.1, 0.15) is 0 Å². The van der Waals surface area contributed by atoms with Crippen LogP contribution in [0.4, 0.5) is 0 Å². The Balaban J connectivity index is 2.52. The van der Waals surface area contributed by atoms with Crippen molar-refractivity contribution in [3.63, 3.8) is 0 Å². The second kappa shape index (κ2) is 6.39. The van der Waals surface area contributed by atoms with Gasteiger partial charge >= 0.3 is 0 Å². The number of carbonyl (C=O) groups excluding carboxylic acids is 1. The van der Waals surface area contributed by atoms with Crippen molar-refractivity contribution in [2.45, 2.75) is 13.8 Å². The van der Waals surface area contributed by atoms with Crippen molar-refractivity contribution in [3.8, 4) is 5.69 Å². The molecule has 5 heteroatoms. The molecule has 0 aliphatic carbocycles. The maximum atomic E-state index is 12.2. The third-order valence-electron chi connectivity index (χ3n) is 3.12. The van der Waals surface area contributed by atoms with Gasteiger partial charge in [0.15, 0.2) is 5.69 Å². The summed E-state index contributed by atoms with van der Waals surface area (Å²) in [6.45, 7) is 3.66. The maximum Gasteiger partial charge on any atom is 0.214 e. The minimum Gasteiger partial charge on any atom is -0.383 e. The van der Waals surface area contributed by atoms with E-state index in [0.29, 0.717) is 5.56 Å². The summed E-state index contributed by atoms with van der Waals surface area (Å²) in [6.07, 6.45) is 4.59. The molecule has 0 aliphatic rings. The molecule has 0 unspecified atom stereocenters. The maximum absolute atomic E-state index is 12.2. The van der Waals surface area contributed by atoms with E-state index >= 15 is 0 Å². The fourth-order valence-electron chi connectivity index (χ4n) is 1.97. The van der Waals surface area contributed by atoms with Crippen molar-refractivity contribution in [1.82, 2.24) is 14.7 Å². The number of ketones is 1. The molecule has 2 aromatic rings. The van der Waals surface area contributed by atoms with Crippen LogP contribution in [0.1, 0.15) is 21.6 Å². The third kappa shape index (κ3) is 3.49. The van der Waals surface area contributed by atoms with Gasteiger partial charge in [-0.2, -0.15) is 5.10 Å². The number of aromatic nitrogens is 2. The zero-order chi connectivity index (χ0) is 16.3. The van der Waals surface area contributed by atoms with Crippen LogP contribution in [-0.4, -0.2) is 34.6 Å². The number of hydrogen-bond donors (Lipinski definition) is 0. The first-order chi connectivity index (χ1) is 10.4. The van der Waals surface area contributed by atoms with E-state index in [1.165, 1.54) is 6.08 Å². The molecule has 22 heavy (non-hydrogen) atoms. The van der Waals surface area contributed by atoms with Gasteiger partial charge in [-0.05, 0) is 31.5 Å². The first kappa shape index (κ1) is 15.7. The molecule has 0 atom stereocenters. The summed E-state index contributed by atoms with van der Waals surface area (Å²) in [5, 5.41) is 4.21. The third-order valence-corrected chi connectivity index (χ3v) is 3.12. The van der Waals surface area contributed by atoms with E-state index in [1.807, 2.05) is 31.2 Å². The summed E-state index contributed by atoms with van der Waals surface area (Å²) in [5.74, 6) is -0.399. The summed E-state index contributed by atoms with van der Waals surface area (Å²) in [7, 11) is 3.61. The SMILES string of the molecule is Cc1cccc(-n2cc(C)c(=O)c(C(=O)/C=C/N(C)C)n2)c1. The highest BCUT2D eigenvalue weighted by atomic mass is 16.1. The highest BCUT2D eigenvalue weighted by molar-refractivity contribution is 6.02. The average molecular weight is 297 g/mol. The number of allylic oxidation sites excluding steroid dienone is 1. The first-order valence-corrected chi connectivity index (χ1v) is 6.95. The normalized spacial score (nSPS) is 10.9. The Morgan fingerprint density at radius 2 is 2.00 bits per heavy atom. The Bertz CT molecular complexity index is 789. The molecule has 0 bridgehead atoms. The molecule has 1 aromatic heterocycles. The van der Waals surface area contributed by atoms with E-state index in [-0.39, 0.29) is 11.1 Å². The summed E-state index contributed by atoms with van der Waals surface area (Å²) in [5.41, 5.74) is 1.97. The second-order valence-electron chi connectivity index (χ2n) is 5.42. The summed E-state index contributed by atoms with van der Waals surface area (Å²) >= 11 is 0. The number of nitrogens with zero attached hydrogens (tertiary/aromatic N) is 3. The minimum atomic E-state index is -0.399. The van der Waals surface area contributed by atoms with Gasteiger partial charge in [-0.3, -0.25) is 9.59 Å². The molecule has 2 rings (SSSR count). The highest BCUT2D eigenvalue weighted by Crippen LogP contribution is 2.09. The van der Waals surface area contributed by atoms with Crippen molar-refractivity contribution >= 4 is 5.78 Å². The molecule has 0 aliphatic heterocycles. The van der Waals surface area contributed by atoms with Gasteiger partial charge in [0.2, 0.25) is 11.2 Å². The van der Waals surface area contributed by atoms with Crippen molar-refractivity contribution in [2.24, 2.45) is 0 Å². The van der Waals surface area contributed by atoms with Crippen LogP contribution in [0.2, 0.25) is 0 Å². The molecule has 0 saturated carbocycles. The van der Waals surface area contributed by atoms with Gasteiger partial charge in [0.05, 0.1) is 5.69 Å². The zero-order valence-electron chi connectivity index (χ0n) is 13.2. The zero-order valence-corrected chi connectivity index (χ0v) is 13.2. The Hall–Kier alpha value is -2.69. The topological polar surface area (TPSA) is 55.2 Å². The Morgan fingerprint density at radius 1 is 1.27 bits per heavy atom. The Labute approximate surface area is 129 Å². The van der Waals surface area contributed by atoms with Gasteiger partial charge in [0.25, 0.3) is 0 Å². The van der Waals surface area contributed by atoms with Gasteiger partial charge in [-0.25, -0.2) is 4.68 Å². The van der Waals surface area contributed by atoms with E-state index in [2.05, 4.69) is 5.10 Å². The average Bonchev–Trinajstić information content (AvgIpc) is 2.47. The quantitative estimate of drug-likeness (QED) is 0.640. The fraction of sp³-hybridized carbons (Fsp3) is 0.235. The number of benzene rings is 1. The van der Waals surface area contributed by atoms with Crippen LogP contribution >= 0.6 is 0 Å². The molecule has 114 valence electrons. The van der Waals surface area contributed by atoms with Crippen molar-refractivity contribution < 1.29 is 4.79 Å². The van der Waals surface area contributed by atoms with E-state index < -0.39 is 5.78 Å². The lowest BCUT2D eigenvalue weighted by Crippen LogP contribution is -2.23. The van der Waals surface area contributed by atoms with E-state index in [0.717, 1.165) is 11.3 Å². The first-order valence-electron chi connectivity index (χ1n) is 6.95.